The van der Waals surface area contributed by atoms with E-state index in [2.05, 4.69) is 161 Å². The van der Waals surface area contributed by atoms with Crippen LogP contribution in [0.1, 0.15) is 284 Å². The number of hydrogen-bond acceptors (Lipinski definition) is 6. The molecule has 1 unspecified atom stereocenters. The lowest BCUT2D eigenvalue weighted by atomic mass is 10.0. The van der Waals surface area contributed by atoms with Gasteiger partial charge in [0.1, 0.15) is 13.2 Å². The van der Waals surface area contributed by atoms with Crippen LogP contribution in [0.15, 0.2) is 146 Å². The number of carbonyl (C=O) groups is 3. The van der Waals surface area contributed by atoms with E-state index < -0.39 is 6.10 Å². The zero-order valence-electron chi connectivity index (χ0n) is 51.8. The maximum absolute atomic E-state index is 12.9. The number of unbranched alkanes of at least 4 members (excludes halogenated alkanes) is 23. The maximum atomic E-state index is 12.9. The quantitative estimate of drug-likeness (QED) is 0.0261. The van der Waals surface area contributed by atoms with E-state index in [4.69, 9.17) is 14.2 Å². The molecule has 0 amide bonds. The zero-order chi connectivity index (χ0) is 57.8. The van der Waals surface area contributed by atoms with Crippen LogP contribution >= 0.6 is 0 Å². The van der Waals surface area contributed by atoms with Crippen molar-refractivity contribution in [2.75, 3.05) is 13.2 Å². The lowest BCUT2D eigenvalue weighted by Gasteiger charge is -2.18. The number of allylic oxidation sites excluding steroid dienone is 24. The standard InChI is InChI=1S/C74H120O6/c1-4-7-10-13-16-19-22-25-28-31-34-36-38-40-43-46-49-52-55-58-61-64-67-73(76)79-70-71(69-78-72(75)66-63-60-57-54-51-48-45-42-39-33-30-27-24-21-18-15-12-9-6-3)80-74(77)68-65-62-59-56-53-50-47-44-41-37-35-32-29-26-23-20-17-14-11-8-5-2/h8-9,11-12,17-18,20-21,26-27,29-30,35,37,39,42,44,47-48,51,53,56-57,60,71H,4-7,10,13-16,19,22-25,28,31-34,36,38,40-41,43,45-46,49-50,52,54-55,58-59,61-70H2,1-3H3/b11-8-,12-9-,20-17-,21-18-,29-26-,30-27-,37-35-,42-39-,47-44-,51-48-,56-53-,60-57-. The summed E-state index contributed by atoms with van der Waals surface area (Å²) in [4.78, 5) is 38.3. The van der Waals surface area contributed by atoms with Crippen LogP contribution in [-0.2, 0) is 28.6 Å². The van der Waals surface area contributed by atoms with Gasteiger partial charge in [0, 0.05) is 19.3 Å². The lowest BCUT2D eigenvalue weighted by molar-refractivity contribution is -0.166. The largest absolute Gasteiger partial charge is 0.462 e. The van der Waals surface area contributed by atoms with E-state index in [0.717, 1.165) is 109 Å². The molecule has 0 aromatic heterocycles. The molecule has 0 aliphatic rings. The molecule has 6 nitrogen and oxygen atoms in total. The van der Waals surface area contributed by atoms with Gasteiger partial charge >= 0.3 is 17.9 Å². The Hall–Kier alpha value is -4.71. The molecule has 0 heterocycles. The van der Waals surface area contributed by atoms with Crippen LogP contribution in [0.25, 0.3) is 0 Å². The minimum Gasteiger partial charge on any atom is -0.462 e. The molecule has 0 N–H and O–H groups in total. The fraction of sp³-hybridized carbons (Fsp3) is 0.635. The van der Waals surface area contributed by atoms with Crippen LogP contribution in [0.3, 0.4) is 0 Å². The smallest absolute Gasteiger partial charge is 0.306 e. The van der Waals surface area contributed by atoms with Crippen LogP contribution in [-0.4, -0.2) is 37.2 Å². The van der Waals surface area contributed by atoms with Crippen molar-refractivity contribution in [1.82, 2.24) is 0 Å². The zero-order valence-corrected chi connectivity index (χ0v) is 51.8. The van der Waals surface area contributed by atoms with E-state index in [1.54, 1.807) is 0 Å². The number of rotatable bonds is 58. The number of esters is 3. The van der Waals surface area contributed by atoms with Crippen LogP contribution in [0.4, 0.5) is 0 Å². The molecular formula is C74H120O6. The van der Waals surface area contributed by atoms with E-state index in [1.165, 1.54) is 122 Å². The minimum atomic E-state index is -0.839. The van der Waals surface area contributed by atoms with Gasteiger partial charge in [-0.15, -0.1) is 0 Å². The highest BCUT2D eigenvalue weighted by atomic mass is 16.6. The van der Waals surface area contributed by atoms with Gasteiger partial charge in [-0.25, -0.2) is 0 Å². The van der Waals surface area contributed by atoms with Gasteiger partial charge in [0.2, 0.25) is 0 Å². The molecule has 0 aromatic rings. The highest BCUT2D eigenvalue weighted by Gasteiger charge is 2.19. The van der Waals surface area contributed by atoms with Gasteiger partial charge in [0.05, 0.1) is 0 Å². The van der Waals surface area contributed by atoms with E-state index >= 15 is 0 Å². The lowest BCUT2D eigenvalue weighted by Crippen LogP contribution is -2.30. The minimum absolute atomic E-state index is 0.122. The second-order valence-corrected chi connectivity index (χ2v) is 21.3. The molecule has 0 saturated heterocycles. The van der Waals surface area contributed by atoms with Gasteiger partial charge in [-0.2, -0.15) is 0 Å². The van der Waals surface area contributed by atoms with Crippen molar-refractivity contribution in [2.24, 2.45) is 0 Å². The Kier molecular flexibility index (Phi) is 62.9. The summed E-state index contributed by atoms with van der Waals surface area (Å²) < 4.78 is 16.8. The van der Waals surface area contributed by atoms with Crippen molar-refractivity contribution in [2.45, 2.75) is 290 Å². The molecule has 452 valence electrons. The second kappa shape index (κ2) is 66.8. The van der Waals surface area contributed by atoms with E-state index in [9.17, 15) is 14.4 Å². The molecule has 0 fully saturated rings. The highest BCUT2D eigenvalue weighted by Crippen LogP contribution is 2.16. The molecule has 0 aliphatic heterocycles. The van der Waals surface area contributed by atoms with Crippen LogP contribution in [0.5, 0.6) is 0 Å². The fourth-order valence-electron chi connectivity index (χ4n) is 8.77. The summed E-state index contributed by atoms with van der Waals surface area (Å²) in [5, 5.41) is 0. The summed E-state index contributed by atoms with van der Waals surface area (Å²) in [5.74, 6) is -1.05. The topological polar surface area (TPSA) is 78.9 Å². The molecule has 0 aromatic carbocycles. The van der Waals surface area contributed by atoms with Crippen molar-refractivity contribution >= 4 is 17.9 Å². The first kappa shape index (κ1) is 75.3. The Labute approximate surface area is 493 Å². The van der Waals surface area contributed by atoms with Crippen LogP contribution < -0.4 is 0 Å². The van der Waals surface area contributed by atoms with E-state index in [1.807, 2.05) is 6.08 Å². The SMILES string of the molecule is CC/C=C\C/C=C\C/C=C\C/C=C\C/C=C\C/C=C\CCCCC(=O)OC(COC(=O)CC/C=C\C/C=C\C/C=C\C/C=C\C/C=C\C/C=C\CC)COC(=O)CCCCCCCCCCCCCCCCCCCCCCCC. The molecule has 0 radical (unpaired) electrons. The Bertz CT molecular complexity index is 1750. The molecule has 1 atom stereocenters. The summed E-state index contributed by atoms with van der Waals surface area (Å²) in [6.45, 7) is 6.33. The summed E-state index contributed by atoms with van der Waals surface area (Å²) in [7, 11) is 0. The fourth-order valence-corrected chi connectivity index (χ4v) is 8.77. The Morgan fingerprint density at radius 3 is 0.838 bits per heavy atom. The van der Waals surface area contributed by atoms with E-state index in [0.29, 0.717) is 19.3 Å². The van der Waals surface area contributed by atoms with Gasteiger partial charge in [-0.3, -0.25) is 14.4 Å². The Morgan fingerprint density at radius 1 is 0.263 bits per heavy atom. The molecular weight excluding hydrogens is 985 g/mol. The average Bonchev–Trinajstić information content (AvgIpc) is 3.46. The molecule has 0 rings (SSSR count). The van der Waals surface area contributed by atoms with Crippen molar-refractivity contribution < 1.29 is 28.6 Å². The van der Waals surface area contributed by atoms with Gasteiger partial charge in [0.25, 0.3) is 0 Å². The summed E-state index contributed by atoms with van der Waals surface area (Å²) >= 11 is 0. The molecule has 0 bridgehead atoms. The van der Waals surface area contributed by atoms with Gasteiger partial charge < -0.3 is 14.2 Å². The van der Waals surface area contributed by atoms with Gasteiger partial charge in [-0.05, 0) is 109 Å². The normalized spacial score (nSPS) is 13.1. The molecule has 0 saturated carbocycles. The third kappa shape index (κ3) is 64.1. The van der Waals surface area contributed by atoms with Crippen molar-refractivity contribution in [3.05, 3.63) is 146 Å². The predicted octanol–water partition coefficient (Wildman–Crippen LogP) is 22.7. The summed E-state index contributed by atoms with van der Waals surface area (Å²) in [6.07, 6.45) is 95.9. The van der Waals surface area contributed by atoms with Gasteiger partial charge in [0.15, 0.2) is 6.10 Å². The number of ether oxygens (including phenoxy) is 3. The molecule has 6 heteroatoms. The van der Waals surface area contributed by atoms with E-state index in [-0.39, 0.29) is 44.0 Å². The predicted molar refractivity (Wildman–Crippen MR) is 348 cm³/mol. The van der Waals surface area contributed by atoms with Crippen LogP contribution in [0.2, 0.25) is 0 Å². The summed E-state index contributed by atoms with van der Waals surface area (Å²) in [5.41, 5.74) is 0. The van der Waals surface area contributed by atoms with Crippen LogP contribution in [0, 0.1) is 0 Å². The van der Waals surface area contributed by atoms with Crippen molar-refractivity contribution in [3.63, 3.8) is 0 Å². The summed E-state index contributed by atoms with van der Waals surface area (Å²) in [6, 6.07) is 0. The van der Waals surface area contributed by atoms with Gasteiger partial charge in [-0.1, -0.05) is 301 Å². The molecule has 0 spiro atoms. The Morgan fingerprint density at radius 2 is 0.512 bits per heavy atom. The first-order valence-electron chi connectivity index (χ1n) is 32.8. The molecule has 0 aliphatic carbocycles. The second-order valence-electron chi connectivity index (χ2n) is 21.3. The monoisotopic (exact) mass is 1100 g/mol. The van der Waals surface area contributed by atoms with Crippen molar-refractivity contribution in [1.29, 1.82) is 0 Å². The first-order valence-corrected chi connectivity index (χ1v) is 32.8. The number of carbonyl (C=O) groups excluding carboxylic acids is 3. The third-order valence-electron chi connectivity index (χ3n) is 13.6. The molecule has 80 heavy (non-hydrogen) atoms. The van der Waals surface area contributed by atoms with Crippen molar-refractivity contribution in [3.8, 4) is 0 Å². The maximum Gasteiger partial charge on any atom is 0.306 e. The highest BCUT2D eigenvalue weighted by molar-refractivity contribution is 5.71. The number of hydrogen-bond donors (Lipinski definition) is 0. The third-order valence-corrected chi connectivity index (χ3v) is 13.6. The average molecular weight is 1110 g/mol. The first-order chi connectivity index (χ1) is 39.5. The Balaban J connectivity index is 4.55.